The van der Waals surface area contributed by atoms with Gasteiger partial charge in [0.15, 0.2) is 0 Å². The van der Waals surface area contributed by atoms with Gasteiger partial charge in [0, 0.05) is 31.1 Å². The molecule has 4 heteroatoms. The van der Waals surface area contributed by atoms with Crippen LogP contribution in [0.2, 0.25) is 0 Å². The van der Waals surface area contributed by atoms with Gasteiger partial charge in [0.1, 0.15) is 0 Å². The van der Waals surface area contributed by atoms with Gasteiger partial charge in [-0.3, -0.25) is 0 Å². The molecule has 13 heavy (non-hydrogen) atoms. The molecular weight excluding hydrogens is 186 g/mol. The topological polar surface area (TPSA) is 29.5 Å². The maximum atomic E-state index is 10.8. The van der Waals surface area contributed by atoms with Crippen LogP contribution >= 0.6 is 11.8 Å². The Bertz CT molecular complexity index is 182. The number of carbonyl (C=O) groups is 1. The molecule has 0 rings (SSSR count). The first kappa shape index (κ1) is 12.4. The smallest absolute Gasteiger partial charge is 0.331 e. The van der Waals surface area contributed by atoms with Crippen molar-refractivity contribution in [3.63, 3.8) is 0 Å². The number of nitrogens with zero attached hydrogens (tertiary/aromatic N) is 1. The van der Waals surface area contributed by atoms with Gasteiger partial charge in [0.25, 0.3) is 0 Å². The van der Waals surface area contributed by atoms with E-state index in [0.717, 1.165) is 5.75 Å². The number of ether oxygens (including phenoxy) is 1. The molecule has 1 unspecified atom stereocenters. The van der Waals surface area contributed by atoms with Crippen molar-refractivity contribution < 1.29 is 9.53 Å². The Morgan fingerprint density at radius 2 is 2.31 bits per heavy atom. The fourth-order valence-corrected chi connectivity index (χ4v) is 1.47. The normalized spacial score (nSPS) is 12.9. The van der Waals surface area contributed by atoms with Crippen molar-refractivity contribution in [2.75, 3.05) is 26.2 Å². The summed E-state index contributed by atoms with van der Waals surface area (Å²) in [6.45, 7) is 2.11. The summed E-state index contributed by atoms with van der Waals surface area (Å²) in [5, 5.41) is 0. The van der Waals surface area contributed by atoms with E-state index in [9.17, 15) is 4.79 Å². The van der Waals surface area contributed by atoms with E-state index in [1.807, 2.05) is 11.9 Å². The molecule has 0 aliphatic heterocycles. The lowest BCUT2D eigenvalue weighted by Gasteiger charge is -2.21. The van der Waals surface area contributed by atoms with Crippen LogP contribution in [-0.4, -0.2) is 43.1 Å². The summed E-state index contributed by atoms with van der Waals surface area (Å²) in [7, 11) is 3.32. The summed E-state index contributed by atoms with van der Waals surface area (Å²) in [6, 6.07) is 0.427. The number of hydrogen-bond donors (Lipinski definition) is 0. The van der Waals surface area contributed by atoms with E-state index >= 15 is 0 Å². The molecular formula is C9H17NO2S. The van der Waals surface area contributed by atoms with Crippen LogP contribution in [0.15, 0.2) is 12.3 Å². The molecule has 0 heterocycles. The highest BCUT2D eigenvalue weighted by atomic mass is 32.2. The molecule has 0 aliphatic rings. The third kappa shape index (κ3) is 5.58. The number of methoxy groups -OCH3 is 1. The van der Waals surface area contributed by atoms with E-state index in [1.54, 1.807) is 18.0 Å². The van der Waals surface area contributed by atoms with E-state index in [-0.39, 0.29) is 5.97 Å². The second-order valence-corrected chi connectivity index (χ2v) is 3.72. The molecule has 0 N–H and O–H groups in total. The first-order chi connectivity index (χ1) is 6.11. The van der Waals surface area contributed by atoms with E-state index < -0.39 is 0 Å². The maximum Gasteiger partial charge on any atom is 0.331 e. The monoisotopic (exact) mass is 203 g/mol. The third-order valence-electron chi connectivity index (χ3n) is 1.75. The fraction of sp³-hybridized carbons (Fsp3) is 0.667. The van der Waals surface area contributed by atoms with Crippen LogP contribution in [0, 0.1) is 0 Å². The molecule has 1 atom stereocenters. The van der Waals surface area contributed by atoms with Crippen molar-refractivity contribution in [1.29, 1.82) is 0 Å². The Balaban J connectivity index is 3.90. The van der Waals surface area contributed by atoms with Crippen molar-refractivity contribution in [2.24, 2.45) is 0 Å². The van der Waals surface area contributed by atoms with Gasteiger partial charge in [0.05, 0.1) is 7.11 Å². The predicted molar refractivity (Wildman–Crippen MR) is 56.8 cm³/mol. The van der Waals surface area contributed by atoms with Crippen LogP contribution in [0.5, 0.6) is 0 Å². The zero-order chi connectivity index (χ0) is 10.3. The van der Waals surface area contributed by atoms with E-state index in [1.165, 1.54) is 13.2 Å². The summed E-state index contributed by atoms with van der Waals surface area (Å²) in [4.78, 5) is 12.7. The standard InChI is InChI=1S/C9H17NO2S/c1-8(7-13-4)10(2)6-5-9(11)12-3/h5-6,8H,7H2,1-4H3/b6-5+. The third-order valence-corrected chi connectivity index (χ3v) is 2.57. The van der Waals surface area contributed by atoms with Crippen molar-refractivity contribution in [1.82, 2.24) is 4.90 Å². The minimum absolute atomic E-state index is 0.316. The van der Waals surface area contributed by atoms with Crippen LogP contribution in [0.3, 0.4) is 0 Å². The van der Waals surface area contributed by atoms with Crippen LogP contribution in [-0.2, 0) is 9.53 Å². The molecule has 0 aliphatic carbocycles. The van der Waals surface area contributed by atoms with Crippen molar-refractivity contribution in [3.8, 4) is 0 Å². The first-order valence-corrected chi connectivity index (χ1v) is 5.48. The quantitative estimate of drug-likeness (QED) is 0.498. The SMILES string of the molecule is COC(=O)/C=C/N(C)C(C)CSC. The Labute approximate surface area is 84.1 Å². The molecule has 0 aromatic carbocycles. The average Bonchev–Trinajstić information content (AvgIpc) is 2.13. The number of carbonyl (C=O) groups excluding carboxylic acids is 1. The van der Waals surface area contributed by atoms with Crippen LogP contribution < -0.4 is 0 Å². The summed E-state index contributed by atoms with van der Waals surface area (Å²) in [5.74, 6) is 0.727. The highest BCUT2D eigenvalue weighted by Crippen LogP contribution is 2.03. The molecule has 0 fully saturated rings. The van der Waals surface area contributed by atoms with Crippen LogP contribution in [0.25, 0.3) is 0 Å². The lowest BCUT2D eigenvalue weighted by molar-refractivity contribution is -0.134. The van der Waals surface area contributed by atoms with Gasteiger partial charge >= 0.3 is 5.97 Å². The second-order valence-electron chi connectivity index (χ2n) is 2.81. The lowest BCUT2D eigenvalue weighted by atomic mass is 10.3. The number of hydrogen-bond acceptors (Lipinski definition) is 4. The maximum absolute atomic E-state index is 10.8. The van der Waals surface area contributed by atoms with Gasteiger partial charge in [-0.1, -0.05) is 0 Å². The molecule has 0 radical (unpaired) electrons. The van der Waals surface area contributed by atoms with Crippen LogP contribution in [0.1, 0.15) is 6.92 Å². The van der Waals surface area contributed by atoms with E-state index in [4.69, 9.17) is 0 Å². The summed E-state index contributed by atoms with van der Waals surface area (Å²) >= 11 is 1.79. The Morgan fingerprint density at radius 3 is 2.77 bits per heavy atom. The lowest BCUT2D eigenvalue weighted by Crippen LogP contribution is -2.26. The van der Waals surface area contributed by atoms with E-state index in [2.05, 4.69) is 17.9 Å². The van der Waals surface area contributed by atoms with E-state index in [0.29, 0.717) is 6.04 Å². The van der Waals surface area contributed by atoms with Crippen molar-refractivity contribution in [2.45, 2.75) is 13.0 Å². The number of rotatable bonds is 5. The molecule has 0 amide bonds. The van der Waals surface area contributed by atoms with Crippen molar-refractivity contribution >= 4 is 17.7 Å². The van der Waals surface area contributed by atoms with Gasteiger partial charge in [-0.05, 0) is 13.2 Å². The van der Waals surface area contributed by atoms with Gasteiger partial charge in [-0.15, -0.1) is 0 Å². The number of thioether (sulfide) groups is 1. The Hall–Kier alpha value is -0.640. The number of esters is 1. The summed E-state index contributed by atoms with van der Waals surface area (Å²) < 4.78 is 4.48. The van der Waals surface area contributed by atoms with Gasteiger partial charge in [-0.2, -0.15) is 11.8 Å². The zero-order valence-corrected chi connectivity index (χ0v) is 9.43. The van der Waals surface area contributed by atoms with Crippen molar-refractivity contribution in [3.05, 3.63) is 12.3 Å². The first-order valence-electron chi connectivity index (χ1n) is 4.08. The Morgan fingerprint density at radius 1 is 1.69 bits per heavy atom. The molecule has 0 aromatic heterocycles. The van der Waals surface area contributed by atoms with Gasteiger partial charge in [-0.25, -0.2) is 4.79 Å². The molecule has 76 valence electrons. The van der Waals surface area contributed by atoms with Gasteiger partial charge in [0.2, 0.25) is 0 Å². The second kappa shape index (κ2) is 6.83. The van der Waals surface area contributed by atoms with Crippen LogP contribution in [0.4, 0.5) is 0 Å². The highest BCUT2D eigenvalue weighted by Gasteiger charge is 2.03. The molecule has 0 spiro atoms. The fourth-order valence-electron chi connectivity index (χ4n) is 0.752. The minimum atomic E-state index is -0.316. The molecule has 3 nitrogen and oxygen atoms in total. The summed E-state index contributed by atoms with van der Waals surface area (Å²) in [6.07, 6.45) is 5.23. The molecule has 0 aromatic rings. The Kier molecular flexibility index (Phi) is 6.49. The molecule has 0 bridgehead atoms. The minimum Gasteiger partial charge on any atom is -0.466 e. The molecule has 0 saturated carbocycles. The average molecular weight is 203 g/mol. The highest BCUT2D eigenvalue weighted by molar-refractivity contribution is 7.98. The zero-order valence-electron chi connectivity index (χ0n) is 8.61. The summed E-state index contributed by atoms with van der Waals surface area (Å²) in [5.41, 5.74) is 0. The largest absolute Gasteiger partial charge is 0.466 e. The van der Waals surface area contributed by atoms with Gasteiger partial charge < -0.3 is 9.64 Å². The predicted octanol–water partition coefficient (Wildman–Crippen LogP) is 1.36. The molecule has 0 saturated heterocycles.